The molecule has 5 heteroatoms. The number of nitrogens with one attached hydrogen (secondary N) is 3. The van der Waals surface area contributed by atoms with Crippen LogP contribution >= 0.6 is 0 Å². The van der Waals surface area contributed by atoms with Gasteiger partial charge in [-0.2, -0.15) is 0 Å². The van der Waals surface area contributed by atoms with Gasteiger partial charge in [0.2, 0.25) is 0 Å². The number of alkyl carbamates (subject to hydrolysis) is 1. The summed E-state index contributed by atoms with van der Waals surface area (Å²) in [5.74, 6) is 0. The maximum absolute atomic E-state index is 12.1. The van der Waals surface area contributed by atoms with Gasteiger partial charge in [0.25, 0.3) is 0 Å². The van der Waals surface area contributed by atoms with E-state index >= 15 is 0 Å². The summed E-state index contributed by atoms with van der Waals surface area (Å²) in [5.41, 5.74) is 0.591. The zero-order valence-corrected chi connectivity index (χ0v) is 14.4. The van der Waals surface area contributed by atoms with Gasteiger partial charge < -0.3 is 20.7 Å². The summed E-state index contributed by atoms with van der Waals surface area (Å²) < 4.78 is 5.39. The molecular weight excluding hydrogens is 290 g/mol. The highest BCUT2D eigenvalue weighted by molar-refractivity contribution is 5.68. The van der Waals surface area contributed by atoms with E-state index in [1.165, 1.54) is 0 Å². The number of piperidine rings is 1. The molecule has 0 bridgehead atoms. The first-order valence-corrected chi connectivity index (χ1v) is 8.42. The first kappa shape index (κ1) is 17.8. The maximum atomic E-state index is 12.1. The number of rotatable bonds is 5. The topological polar surface area (TPSA) is 62.4 Å². The van der Waals surface area contributed by atoms with E-state index in [0.717, 1.165) is 31.5 Å². The van der Waals surface area contributed by atoms with E-state index in [9.17, 15) is 4.79 Å². The summed E-state index contributed by atoms with van der Waals surface area (Å²) >= 11 is 0. The normalized spacial score (nSPS) is 17.5. The van der Waals surface area contributed by atoms with Gasteiger partial charge in [-0.05, 0) is 52.3 Å². The lowest BCUT2D eigenvalue weighted by Gasteiger charge is -2.28. The number of amides is 1. The van der Waals surface area contributed by atoms with Crippen LogP contribution in [-0.2, 0) is 4.74 Å². The van der Waals surface area contributed by atoms with Gasteiger partial charge in [0.05, 0.1) is 6.04 Å². The molecule has 0 saturated carbocycles. The smallest absolute Gasteiger partial charge is 0.408 e. The van der Waals surface area contributed by atoms with Crippen LogP contribution in [-0.4, -0.2) is 37.4 Å². The van der Waals surface area contributed by atoms with Crippen LogP contribution in [0.5, 0.6) is 0 Å². The van der Waals surface area contributed by atoms with Crippen LogP contribution in [0.3, 0.4) is 0 Å². The van der Waals surface area contributed by atoms with Crippen LogP contribution in [0.1, 0.15) is 45.2 Å². The maximum Gasteiger partial charge on any atom is 0.408 e. The zero-order chi connectivity index (χ0) is 16.7. The Bertz CT molecular complexity index is 479. The lowest BCUT2D eigenvalue weighted by Crippen LogP contribution is -2.45. The summed E-state index contributed by atoms with van der Waals surface area (Å²) in [6, 6.07) is 10.4. The molecular formula is C18H29N3O2. The van der Waals surface area contributed by atoms with Gasteiger partial charge in [0.1, 0.15) is 5.60 Å². The van der Waals surface area contributed by atoms with Gasteiger partial charge in [0, 0.05) is 12.6 Å². The van der Waals surface area contributed by atoms with Crippen molar-refractivity contribution in [3.63, 3.8) is 0 Å². The highest BCUT2D eigenvalue weighted by atomic mass is 16.6. The number of carbonyl (C=O) groups excluding carboxylic acids is 1. The molecule has 1 aliphatic heterocycles. The second-order valence-corrected chi connectivity index (χ2v) is 7.04. The van der Waals surface area contributed by atoms with Crippen molar-refractivity contribution < 1.29 is 9.53 Å². The Labute approximate surface area is 139 Å². The van der Waals surface area contributed by atoms with Gasteiger partial charge in [-0.15, -0.1) is 0 Å². The van der Waals surface area contributed by atoms with Gasteiger partial charge in [-0.25, -0.2) is 4.79 Å². The van der Waals surface area contributed by atoms with E-state index in [-0.39, 0.29) is 12.1 Å². The third-order valence-corrected chi connectivity index (χ3v) is 3.84. The summed E-state index contributed by atoms with van der Waals surface area (Å²) in [6.45, 7) is 8.42. The summed E-state index contributed by atoms with van der Waals surface area (Å²) in [4.78, 5) is 12.1. The van der Waals surface area contributed by atoms with Crippen molar-refractivity contribution in [2.75, 3.05) is 19.6 Å². The molecule has 128 valence electrons. The molecule has 0 spiro atoms. The third-order valence-electron chi connectivity index (χ3n) is 3.84. The van der Waals surface area contributed by atoms with Crippen LogP contribution in [0.4, 0.5) is 4.79 Å². The number of hydrogen-bond acceptors (Lipinski definition) is 4. The minimum Gasteiger partial charge on any atom is -0.444 e. The number of ether oxygens (including phenoxy) is 1. The molecule has 2 rings (SSSR count). The van der Waals surface area contributed by atoms with E-state index in [2.05, 4.69) is 16.0 Å². The van der Waals surface area contributed by atoms with Crippen LogP contribution < -0.4 is 16.0 Å². The highest BCUT2D eigenvalue weighted by Crippen LogP contribution is 2.15. The largest absolute Gasteiger partial charge is 0.444 e. The lowest BCUT2D eigenvalue weighted by molar-refractivity contribution is 0.0502. The molecule has 1 heterocycles. The fraction of sp³-hybridized carbons (Fsp3) is 0.611. The molecule has 0 aromatic heterocycles. The Hall–Kier alpha value is -1.59. The van der Waals surface area contributed by atoms with Gasteiger partial charge in [-0.3, -0.25) is 0 Å². The predicted molar refractivity (Wildman–Crippen MR) is 92.4 cm³/mol. The average Bonchev–Trinajstić information content (AvgIpc) is 2.51. The van der Waals surface area contributed by atoms with E-state index in [0.29, 0.717) is 12.6 Å². The molecule has 0 aliphatic carbocycles. The van der Waals surface area contributed by atoms with Crippen molar-refractivity contribution in [1.82, 2.24) is 16.0 Å². The van der Waals surface area contributed by atoms with Crippen LogP contribution in [0.2, 0.25) is 0 Å². The van der Waals surface area contributed by atoms with Gasteiger partial charge >= 0.3 is 6.09 Å². The number of benzene rings is 1. The van der Waals surface area contributed by atoms with Crippen LogP contribution in [0.25, 0.3) is 0 Å². The number of carbonyl (C=O) groups is 1. The van der Waals surface area contributed by atoms with Crippen molar-refractivity contribution in [2.24, 2.45) is 0 Å². The third kappa shape index (κ3) is 6.59. The fourth-order valence-electron chi connectivity index (χ4n) is 2.70. The monoisotopic (exact) mass is 319 g/mol. The van der Waals surface area contributed by atoms with E-state index in [1.54, 1.807) is 0 Å². The molecule has 1 fully saturated rings. The Morgan fingerprint density at radius 3 is 2.52 bits per heavy atom. The lowest BCUT2D eigenvalue weighted by atomic mass is 10.0. The Kier molecular flexibility index (Phi) is 6.42. The molecule has 1 amide bonds. The molecule has 23 heavy (non-hydrogen) atoms. The molecule has 1 atom stereocenters. The Morgan fingerprint density at radius 2 is 1.91 bits per heavy atom. The summed E-state index contributed by atoms with van der Waals surface area (Å²) in [6.07, 6.45) is 1.86. The van der Waals surface area contributed by atoms with E-state index < -0.39 is 5.60 Å². The minimum atomic E-state index is -0.492. The minimum absolute atomic E-state index is 0.0964. The van der Waals surface area contributed by atoms with Crippen molar-refractivity contribution in [1.29, 1.82) is 0 Å². The molecule has 1 aromatic rings. The van der Waals surface area contributed by atoms with E-state index in [4.69, 9.17) is 4.74 Å². The number of hydrogen-bond donors (Lipinski definition) is 3. The van der Waals surface area contributed by atoms with Crippen molar-refractivity contribution in [3.8, 4) is 0 Å². The second-order valence-electron chi connectivity index (χ2n) is 7.04. The Balaban J connectivity index is 1.96. The second kappa shape index (κ2) is 8.31. The van der Waals surface area contributed by atoms with Crippen LogP contribution in [0.15, 0.2) is 30.3 Å². The first-order chi connectivity index (χ1) is 10.9. The zero-order valence-electron chi connectivity index (χ0n) is 14.4. The molecule has 3 N–H and O–H groups in total. The first-order valence-electron chi connectivity index (χ1n) is 8.42. The quantitative estimate of drug-likeness (QED) is 0.781. The van der Waals surface area contributed by atoms with E-state index in [1.807, 2.05) is 51.1 Å². The van der Waals surface area contributed by atoms with Crippen molar-refractivity contribution >= 4 is 6.09 Å². The molecule has 0 radical (unpaired) electrons. The average molecular weight is 319 g/mol. The molecule has 1 saturated heterocycles. The predicted octanol–water partition coefficient (Wildman–Crippen LogP) is 2.59. The molecule has 1 aliphatic rings. The summed E-state index contributed by atoms with van der Waals surface area (Å²) in [5, 5.41) is 9.93. The molecule has 1 unspecified atom stereocenters. The SMILES string of the molecule is CC(C)(C)OC(=O)NC(CNC1CCNCC1)c1ccccc1. The highest BCUT2D eigenvalue weighted by Gasteiger charge is 2.21. The van der Waals surface area contributed by atoms with Gasteiger partial charge in [-0.1, -0.05) is 30.3 Å². The van der Waals surface area contributed by atoms with Crippen molar-refractivity contribution in [3.05, 3.63) is 35.9 Å². The molecule has 5 nitrogen and oxygen atoms in total. The van der Waals surface area contributed by atoms with Crippen LogP contribution in [0, 0.1) is 0 Å². The fourth-order valence-corrected chi connectivity index (χ4v) is 2.70. The van der Waals surface area contributed by atoms with Crippen molar-refractivity contribution in [2.45, 2.75) is 51.3 Å². The summed E-state index contributed by atoms with van der Waals surface area (Å²) in [7, 11) is 0. The molecule has 1 aromatic carbocycles. The van der Waals surface area contributed by atoms with Gasteiger partial charge in [0.15, 0.2) is 0 Å². The standard InChI is InChI=1S/C18H29N3O2/c1-18(2,3)23-17(22)21-16(14-7-5-4-6-8-14)13-20-15-9-11-19-12-10-15/h4-8,15-16,19-20H,9-13H2,1-3H3,(H,21,22). The Morgan fingerprint density at radius 1 is 1.26 bits per heavy atom.